The third kappa shape index (κ3) is 2.35. The van der Waals surface area contributed by atoms with E-state index in [9.17, 15) is 0 Å². The van der Waals surface area contributed by atoms with Crippen LogP contribution < -0.4 is 4.74 Å². The molecule has 0 fully saturated rings. The monoisotopic (exact) mass is 268 g/mol. The lowest BCUT2D eigenvalue weighted by atomic mass is 10.2. The van der Waals surface area contributed by atoms with Gasteiger partial charge in [0.05, 0.1) is 12.7 Å². The summed E-state index contributed by atoms with van der Waals surface area (Å²) in [5.41, 5.74) is 1.55. The maximum absolute atomic E-state index is 5.25. The standard InChI is InChI=1S/C14H12N4O2/c1-9-15-7-11(8-16-9)13-17-14(20-18-13)10-3-5-12(19-2)6-4-10/h3-8H,1-2H3. The summed E-state index contributed by atoms with van der Waals surface area (Å²) >= 11 is 0. The van der Waals surface area contributed by atoms with Crippen molar-refractivity contribution >= 4 is 0 Å². The average molecular weight is 268 g/mol. The molecule has 0 spiro atoms. The maximum Gasteiger partial charge on any atom is 0.258 e. The number of hydrogen-bond donors (Lipinski definition) is 0. The van der Waals surface area contributed by atoms with Gasteiger partial charge in [0.15, 0.2) is 0 Å². The first-order valence-electron chi connectivity index (χ1n) is 6.03. The van der Waals surface area contributed by atoms with Crippen molar-refractivity contribution in [2.24, 2.45) is 0 Å². The van der Waals surface area contributed by atoms with E-state index in [1.165, 1.54) is 0 Å². The molecule has 1 aromatic carbocycles. The molecule has 2 heterocycles. The minimum atomic E-state index is 0.447. The smallest absolute Gasteiger partial charge is 0.258 e. The van der Waals surface area contributed by atoms with E-state index in [-0.39, 0.29) is 0 Å². The highest BCUT2D eigenvalue weighted by atomic mass is 16.5. The van der Waals surface area contributed by atoms with Crippen LogP contribution in [0.3, 0.4) is 0 Å². The maximum atomic E-state index is 5.25. The Morgan fingerprint density at radius 1 is 1.00 bits per heavy atom. The summed E-state index contributed by atoms with van der Waals surface area (Å²) in [6.45, 7) is 1.82. The number of aryl methyl sites for hydroxylation is 1. The predicted molar refractivity (Wildman–Crippen MR) is 72.0 cm³/mol. The number of aromatic nitrogens is 4. The summed E-state index contributed by atoms with van der Waals surface area (Å²) in [6, 6.07) is 7.41. The molecule has 0 aliphatic carbocycles. The van der Waals surface area contributed by atoms with Crippen LogP contribution in [0.25, 0.3) is 22.8 Å². The minimum absolute atomic E-state index is 0.447. The van der Waals surface area contributed by atoms with Crippen LogP contribution in [-0.4, -0.2) is 27.2 Å². The van der Waals surface area contributed by atoms with Crippen LogP contribution in [0.4, 0.5) is 0 Å². The third-order valence-electron chi connectivity index (χ3n) is 2.80. The van der Waals surface area contributed by atoms with E-state index in [2.05, 4.69) is 20.1 Å². The Morgan fingerprint density at radius 3 is 2.35 bits per heavy atom. The molecular formula is C14H12N4O2. The van der Waals surface area contributed by atoms with Crippen LogP contribution in [0.2, 0.25) is 0 Å². The Labute approximate surface area is 115 Å². The lowest BCUT2D eigenvalue weighted by Gasteiger charge is -1.98. The van der Waals surface area contributed by atoms with E-state index in [0.717, 1.165) is 16.9 Å². The van der Waals surface area contributed by atoms with E-state index in [1.807, 2.05) is 31.2 Å². The average Bonchev–Trinajstić information content (AvgIpc) is 2.98. The van der Waals surface area contributed by atoms with Crippen molar-refractivity contribution in [3.05, 3.63) is 42.5 Å². The van der Waals surface area contributed by atoms with Gasteiger partial charge in [-0.15, -0.1) is 0 Å². The molecule has 0 saturated heterocycles. The van der Waals surface area contributed by atoms with Crippen molar-refractivity contribution in [1.29, 1.82) is 0 Å². The highest BCUT2D eigenvalue weighted by Crippen LogP contribution is 2.23. The van der Waals surface area contributed by atoms with Crippen LogP contribution >= 0.6 is 0 Å². The van der Waals surface area contributed by atoms with E-state index >= 15 is 0 Å². The number of hydrogen-bond acceptors (Lipinski definition) is 6. The summed E-state index contributed by atoms with van der Waals surface area (Å²) < 4.78 is 10.4. The number of nitrogens with zero attached hydrogens (tertiary/aromatic N) is 4. The lowest BCUT2D eigenvalue weighted by molar-refractivity contribution is 0.414. The summed E-state index contributed by atoms with van der Waals surface area (Å²) in [6.07, 6.45) is 3.34. The fourth-order valence-electron chi connectivity index (χ4n) is 1.70. The van der Waals surface area contributed by atoms with Crippen LogP contribution in [0.15, 0.2) is 41.2 Å². The van der Waals surface area contributed by atoms with Crippen molar-refractivity contribution in [3.63, 3.8) is 0 Å². The topological polar surface area (TPSA) is 73.9 Å². The van der Waals surface area contributed by atoms with Crippen molar-refractivity contribution in [2.75, 3.05) is 7.11 Å². The molecule has 3 aromatic rings. The first-order chi connectivity index (χ1) is 9.76. The Kier molecular flexibility index (Phi) is 3.12. The molecule has 2 aromatic heterocycles. The van der Waals surface area contributed by atoms with E-state index in [1.54, 1.807) is 19.5 Å². The Hall–Kier alpha value is -2.76. The van der Waals surface area contributed by atoms with Gasteiger partial charge in [0.25, 0.3) is 5.89 Å². The molecule has 20 heavy (non-hydrogen) atoms. The molecule has 0 amide bonds. The first kappa shape index (κ1) is 12.3. The van der Waals surface area contributed by atoms with Gasteiger partial charge >= 0.3 is 0 Å². The van der Waals surface area contributed by atoms with Crippen LogP contribution in [0.1, 0.15) is 5.82 Å². The van der Waals surface area contributed by atoms with Gasteiger partial charge in [-0.2, -0.15) is 4.98 Å². The Bertz CT molecular complexity index is 705. The zero-order valence-electron chi connectivity index (χ0n) is 11.1. The second kappa shape index (κ2) is 5.08. The fourth-order valence-corrected chi connectivity index (χ4v) is 1.70. The highest BCUT2D eigenvalue weighted by Gasteiger charge is 2.11. The van der Waals surface area contributed by atoms with Gasteiger partial charge in [0, 0.05) is 18.0 Å². The molecule has 0 atom stereocenters. The number of rotatable bonds is 3. The summed E-state index contributed by atoms with van der Waals surface area (Å²) in [7, 11) is 1.62. The van der Waals surface area contributed by atoms with Gasteiger partial charge in [-0.25, -0.2) is 9.97 Å². The second-order valence-electron chi connectivity index (χ2n) is 4.17. The molecule has 0 radical (unpaired) electrons. The minimum Gasteiger partial charge on any atom is -0.497 e. The molecule has 3 rings (SSSR count). The Balaban J connectivity index is 1.91. The van der Waals surface area contributed by atoms with Crippen molar-refractivity contribution in [3.8, 4) is 28.6 Å². The predicted octanol–water partition coefficient (Wildman–Crippen LogP) is 2.51. The van der Waals surface area contributed by atoms with E-state index in [0.29, 0.717) is 17.5 Å². The summed E-state index contributed by atoms with van der Waals surface area (Å²) in [5.74, 6) is 2.40. The van der Waals surface area contributed by atoms with E-state index in [4.69, 9.17) is 9.26 Å². The second-order valence-corrected chi connectivity index (χ2v) is 4.17. The van der Waals surface area contributed by atoms with Gasteiger partial charge in [-0.05, 0) is 31.2 Å². The van der Waals surface area contributed by atoms with Gasteiger partial charge in [-0.3, -0.25) is 0 Å². The van der Waals surface area contributed by atoms with Crippen LogP contribution in [0, 0.1) is 6.92 Å². The molecule has 0 unspecified atom stereocenters. The zero-order chi connectivity index (χ0) is 13.9. The molecule has 0 bridgehead atoms. The van der Waals surface area contributed by atoms with Gasteiger partial charge in [-0.1, -0.05) is 5.16 Å². The number of benzene rings is 1. The van der Waals surface area contributed by atoms with Crippen molar-refractivity contribution in [2.45, 2.75) is 6.92 Å². The van der Waals surface area contributed by atoms with Crippen LogP contribution in [-0.2, 0) is 0 Å². The zero-order valence-corrected chi connectivity index (χ0v) is 11.1. The lowest BCUT2D eigenvalue weighted by Crippen LogP contribution is -1.89. The number of methoxy groups -OCH3 is 1. The highest BCUT2D eigenvalue weighted by molar-refractivity contribution is 5.59. The van der Waals surface area contributed by atoms with Crippen LogP contribution in [0.5, 0.6) is 5.75 Å². The number of ether oxygens (including phenoxy) is 1. The van der Waals surface area contributed by atoms with Gasteiger partial charge in [0.1, 0.15) is 11.6 Å². The molecule has 6 heteroatoms. The third-order valence-corrected chi connectivity index (χ3v) is 2.80. The van der Waals surface area contributed by atoms with Crippen molar-refractivity contribution in [1.82, 2.24) is 20.1 Å². The molecule has 0 aliphatic rings. The van der Waals surface area contributed by atoms with E-state index < -0.39 is 0 Å². The van der Waals surface area contributed by atoms with Crippen molar-refractivity contribution < 1.29 is 9.26 Å². The Morgan fingerprint density at radius 2 is 1.70 bits per heavy atom. The molecule has 0 saturated carbocycles. The first-order valence-corrected chi connectivity index (χ1v) is 6.03. The molecule has 100 valence electrons. The summed E-state index contributed by atoms with van der Waals surface area (Å²) in [5, 5.41) is 3.94. The van der Waals surface area contributed by atoms with Gasteiger partial charge < -0.3 is 9.26 Å². The van der Waals surface area contributed by atoms with Gasteiger partial charge in [0.2, 0.25) is 5.82 Å². The largest absolute Gasteiger partial charge is 0.497 e. The quantitative estimate of drug-likeness (QED) is 0.726. The molecule has 0 N–H and O–H groups in total. The molecular weight excluding hydrogens is 256 g/mol. The SMILES string of the molecule is COc1ccc(-c2nc(-c3cnc(C)nc3)no2)cc1. The summed E-state index contributed by atoms with van der Waals surface area (Å²) in [4.78, 5) is 12.6. The normalized spacial score (nSPS) is 10.5. The molecule has 6 nitrogen and oxygen atoms in total. The molecule has 0 aliphatic heterocycles. The fraction of sp³-hybridized carbons (Fsp3) is 0.143.